The van der Waals surface area contributed by atoms with E-state index in [9.17, 15) is 0 Å². The molecule has 0 aliphatic heterocycles. The van der Waals surface area contributed by atoms with Crippen molar-refractivity contribution in [2.24, 2.45) is 0 Å². The topological polar surface area (TPSA) is 24.9 Å². The lowest BCUT2D eigenvalue weighted by Crippen LogP contribution is -2.30. The average Bonchev–Trinajstić information content (AvgIpc) is 2.95. The van der Waals surface area contributed by atoms with Crippen LogP contribution >= 0.6 is 34.5 Å². The van der Waals surface area contributed by atoms with Gasteiger partial charge in [0.1, 0.15) is 5.01 Å². The van der Waals surface area contributed by atoms with Crippen molar-refractivity contribution in [1.82, 2.24) is 10.3 Å². The molecule has 0 radical (unpaired) electrons. The molecular weight excluding hydrogens is 323 g/mol. The zero-order valence-electron chi connectivity index (χ0n) is 11.7. The van der Waals surface area contributed by atoms with E-state index in [0.717, 1.165) is 22.0 Å². The molecule has 1 heterocycles. The predicted molar refractivity (Wildman–Crippen MR) is 91.3 cm³/mol. The standard InChI is InChI=1S/C16H18Cl2N2S/c17-11-6-7-13(14(18)8-11)15-9-20-16(21-15)10-19-12-4-2-1-3-5-12/h6-9,12,19H,1-5,10H2. The Kier molecular flexibility index (Phi) is 5.17. The molecule has 0 saturated heterocycles. The maximum Gasteiger partial charge on any atom is 0.107 e. The van der Waals surface area contributed by atoms with Gasteiger partial charge in [-0.2, -0.15) is 0 Å². The third kappa shape index (κ3) is 3.98. The summed E-state index contributed by atoms with van der Waals surface area (Å²) in [6.45, 7) is 0.848. The van der Waals surface area contributed by atoms with Crippen LogP contribution < -0.4 is 5.32 Å². The van der Waals surface area contributed by atoms with E-state index >= 15 is 0 Å². The lowest BCUT2D eigenvalue weighted by atomic mass is 9.96. The van der Waals surface area contributed by atoms with Crippen molar-refractivity contribution in [3.8, 4) is 10.4 Å². The first-order valence-corrected chi connectivity index (χ1v) is 8.93. The molecule has 0 amide bonds. The molecule has 112 valence electrons. The average molecular weight is 341 g/mol. The first-order chi connectivity index (χ1) is 10.2. The van der Waals surface area contributed by atoms with Crippen molar-refractivity contribution in [3.05, 3.63) is 39.4 Å². The molecule has 1 saturated carbocycles. The summed E-state index contributed by atoms with van der Waals surface area (Å²) < 4.78 is 0. The minimum absolute atomic E-state index is 0.658. The second-order valence-electron chi connectivity index (χ2n) is 5.46. The summed E-state index contributed by atoms with van der Waals surface area (Å²) in [5.74, 6) is 0. The van der Waals surface area contributed by atoms with Gasteiger partial charge in [0.25, 0.3) is 0 Å². The van der Waals surface area contributed by atoms with Crippen molar-refractivity contribution >= 4 is 34.5 Å². The van der Waals surface area contributed by atoms with Crippen LogP contribution in [-0.2, 0) is 6.54 Å². The Labute approximate surface area is 139 Å². The van der Waals surface area contributed by atoms with Gasteiger partial charge < -0.3 is 5.32 Å². The second kappa shape index (κ2) is 7.10. The predicted octanol–water partition coefficient (Wildman–Crippen LogP) is 5.54. The highest BCUT2D eigenvalue weighted by Gasteiger charge is 2.14. The highest BCUT2D eigenvalue weighted by atomic mass is 35.5. The molecule has 1 aliphatic carbocycles. The Morgan fingerprint density at radius 1 is 1.19 bits per heavy atom. The molecule has 0 bridgehead atoms. The van der Waals surface area contributed by atoms with Crippen LogP contribution in [0.5, 0.6) is 0 Å². The molecule has 2 aromatic rings. The van der Waals surface area contributed by atoms with Crippen molar-refractivity contribution in [3.63, 3.8) is 0 Å². The van der Waals surface area contributed by atoms with E-state index in [1.807, 2.05) is 18.3 Å². The molecule has 21 heavy (non-hydrogen) atoms. The lowest BCUT2D eigenvalue weighted by Gasteiger charge is -2.22. The largest absolute Gasteiger partial charge is 0.308 e. The number of benzene rings is 1. The van der Waals surface area contributed by atoms with Gasteiger partial charge in [0.05, 0.1) is 9.90 Å². The molecule has 0 atom stereocenters. The summed E-state index contributed by atoms with van der Waals surface area (Å²) in [6.07, 6.45) is 8.57. The summed E-state index contributed by atoms with van der Waals surface area (Å²) in [5.41, 5.74) is 1.00. The minimum atomic E-state index is 0.658. The van der Waals surface area contributed by atoms with Gasteiger partial charge in [-0.05, 0) is 25.0 Å². The van der Waals surface area contributed by atoms with E-state index in [1.165, 1.54) is 32.1 Å². The molecule has 0 unspecified atom stereocenters. The molecule has 2 nitrogen and oxygen atoms in total. The smallest absolute Gasteiger partial charge is 0.107 e. The van der Waals surface area contributed by atoms with Gasteiger partial charge >= 0.3 is 0 Å². The lowest BCUT2D eigenvalue weighted by molar-refractivity contribution is 0.372. The molecule has 1 N–H and O–H groups in total. The molecule has 1 aromatic carbocycles. The van der Waals surface area contributed by atoms with Crippen LogP contribution in [0.4, 0.5) is 0 Å². The number of halogens is 2. The number of thiazole rings is 1. The number of hydrogen-bond acceptors (Lipinski definition) is 3. The van der Waals surface area contributed by atoms with Gasteiger partial charge in [-0.1, -0.05) is 48.5 Å². The molecule has 3 rings (SSSR count). The van der Waals surface area contributed by atoms with E-state index in [4.69, 9.17) is 23.2 Å². The first kappa shape index (κ1) is 15.3. The van der Waals surface area contributed by atoms with Crippen LogP contribution in [0, 0.1) is 0 Å². The van der Waals surface area contributed by atoms with Crippen LogP contribution in [0.3, 0.4) is 0 Å². The van der Waals surface area contributed by atoms with Crippen molar-refractivity contribution in [2.45, 2.75) is 44.7 Å². The first-order valence-electron chi connectivity index (χ1n) is 7.36. The Morgan fingerprint density at radius 3 is 2.76 bits per heavy atom. The number of nitrogens with zero attached hydrogens (tertiary/aromatic N) is 1. The van der Waals surface area contributed by atoms with Crippen molar-refractivity contribution in [1.29, 1.82) is 0 Å². The minimum Gasteiger partial charge on any atom is -0.308 e. The Hall–Kier alpha value is -0.610. The van der Waals surface area contributed by atoms with Crippen molar-refractivity contribution < 1.29 is 0 Å². The van der Waals surface area contributed by atoms with Gasteiger partial charge in [-0.25, -0.2) is 4.98 Å². The van der Waals surface area contributed by atoms with E-state index in [2.05, 4.69) is 10.3 Å². The zero-order valence-corrected chi connectivity index (χ0v) is 14.1. The van der Waals surface area contributed by atoms with Gasteiger partial charge in [0.2, 0.25) is 0 Å². The SMILES string of the molecule is Clc1ccc(-c2cnc(CNC3CCCCC3)s2)c(Cl)c1. The summed E-state index contributed by atoms with van der Waals surface area (Å²) in [7, 11) is 0. The summed E-state index contributed by atoms with van der Waals surface area (Å²) in [5, 5.41) is 6.07. The van der Waals surface area contributed by atoms with E-state index in [0.29, 0.717) is 16.1 Å². The summed E-state index contributed by atoms with van der Waals surface area (Å²) >= 11 is 13.9. The number of nitrogens with one attached hydrogen (secondary N) is 1. The third-order valence-corrected chi connectivity index (χ3v) is 5.48. The fourth-order valence-corrected chi connectivity index (χ4v) is 4.22. The van der Waals surface area contributed by atoms with Crippen molar-refractivity contribution in [2.75, 3.05) is 0 Å². The fourth-order valence-electron chi connectivity index (χ4n) is 2.74. The maximum absolute atomic E-state index is 6.25. The zero-order chi connectivity index (χ0) is 14.7. The van der Waals surface area contributed by atoms with E-state index in [-0.39, 0.29) is 0 Å². The van der Waals surface area contributed by atoms with Gasteiger partial charge in [0.15, 0.2) is 0 Å². The number of hydrogen-bond donors (Lipinski definition) is 1. The van der Waals surface area contributed by atoms with Crippen LogP contribution in [-0.4, -0.2) is 11.0 Å². The number of rotatable bonds is 4. The quantitative estimate of drug-likeness (QED) is 0.790. The molecule has 1 fully saturated rings. The third-order valence-electron chi connectivity index (χ3n) is 3.90. The Bertz CT molecular complexity index is 606. The van der Waals surface area contributed by atoms with E-state index < -0.39 is 0 Å². The van der Waals surface area contributed by atoms with Gasteiger partial charge in [-0.15, -0.1) is 11.3 Å². The fraction of sp³-hybridized carbons (Fsp3) is 0.438. The number of aromatic nitrogens is 1. The highest BCUT2D eigenvalue weighted by molar-refractivity contribution is 7.15. The molecule has 5 heteroatoms. The maximum atomic E-state index is 6.25. The van der Waals surface area contributed by atoms with Crippen LogP contribution in [0.1, 0.15) is 37.1 Å². The van der Waals surface area contributed by atoms with E-state index in [1.54, 1.807) is 17.4 Å². The molecular formula is C16H18Cl2N2S. The Morgan fingerprint density at radius 2 is 2.00 bits per heavy atom. The summed E-state index contributed by atoms with van der Waals surface area (Å²) in [6, 6.07) is 6.25. The highest BCUT2D eigenvalue weighted by Crippen LogP contribution is 2.33. The van der Waals surface area contributed by atoms with Crippen LogP contribution in [0.2, 0.25) is 10.0 Å². The van der Waals surface area contributed by atoms with Gasteiger partial charge in [-0.3, -0.25) is 0 Å². The van der Waals surface area contributed by atoms with Gasteiger partial charge in [0, 0.05) is 29.4 Å². The molecule has 1 aliphatic rings. The Balaban J connectivity index is 1.65. The second-order valence-corrected chi connectivity index (χ2v) is 7.42. The van der Waals surface area contributed by atoms with Crippen LogP contribution in [0.25, 0.3) is 10.4 Å². The molecule has 0 spiro atoms. The summed E-state index contributed by atoms with van der Waals surface area (Å²) in [4.78, 5) is 5.60. The van der Waals surface area contributed by atoms with Crippen LogP contribution in [0.15, 0.2) is 24.4 Å². The molecule has 1 aromatic heterocycles. The monoisotopic (exact) mass is 340 g/mol. The normalized spacial score (nSPS) is 16.3.